The molecule has 0 atom stereocenters. The summed E-state index contributed by atoms with van der Waals surface area (Å²) in [5.41, 5.74) is 1.24. The minimum absolute atomic E-state index is 0.0518. The van der Waals surface area contributed by atoms with Crippen molar-refractivity contribution in [3.63, 3.8) is 0 Å². The van der Waals surface area contributed by atoms with E-state index in [0.717, 1.165) is 24.8 Å². The zero-order valence-corrected chi connectivity index (χ0v) is 12.8. The number of hydrogen-bond donors (Lipinski definition) is 1. The lowest BCUT2D eigenvalue weighted by Crippen LogP contribution is -2.07. The molecule has 22 heavy (non-hydrogen) atoms. The Kier molecular flexibility index (Phi) is 5.94. The van der Waals surface area contributed by atoms with E-state index in [0.29, 0.717) is 19.1 Å². The zero-order chi connectivity index (χ0) is 15.8. The van der Waals surface area contributed by atoms with E-state index in [1.165, 1.54) is 12.7 Å². The average Bonchev–Trinajstić information content (AvgIpc) is 2.55. The maximum absolute atomic E-state index is 13.2. The summed E-state index contributed by atoms with van der Waals surface area (Å²) in [6, 6.07) is 8.06. The van der Waals surface area contributed by atoms with Crippen molar-refractivity contribution in [3.8, 4) is 11.6 Å². The van der Waals surface area contributed by atoms with E-state index in [4.69, 9.17) is 9.47 Å². The van der Waals surface area contributed by atoms with Crippen LogP contribution in [0.4, 0.5) is 10.3 Å². The van der Waals surface area contributed by atoms with Gasteiger partial charge in [0.25, 0.3) is 5.88 Å². The number of nitrogens with zero attached hydrogens (tertiary/aromatic N) is 2. The Morgan fingerprint density at radius 1 is 1.23 bits per heavy atom. The van der Waals surface area contributed by atoms with Crippen molar-refractivity contribution in [2.24, 2.45) is 0 Å². The van der Waals surface area contributed by atoms with E-state index in [1.54, 1.807) is 0 Å². The van der Waals surface area contributed by atoms with Crippen molar-refractivity contribution in [2.45, 2.75) is 19.8 Å². The summed E-state index contributed by atoms with van der Waals surface area (Å²) < 4.78 is 23.4. The van der Waals surface area contributed by atoms with Gasteiger partial charge in [-0.25, -0.2) is 4.98 Å². The standard InChI is InChI=1S/C16H20FN3O2/c1-3-22-13-8-6-12(7-9-13)5-4-10-18-16-19-11-14(17)15(20-16)21-2/h6-9,11H,3-5,10H2,1-2H3,(H,18,19,20). The van der Waals surface area contributed by atoms with Crippen molar-refractivity contribution >= 4 is 5.95 Å². The molecule has 6 heteroatoms. The van der Waals surface area contributed by atoms with Crippen molar-refractivity contribution in [1.29, 1.82) is 0 Å². The molecule has 0 fully saturated rings. The Bertz CT molecular complexity index is 590. The second-order valence-electron chi connectivity index (χ2n) is 4.66. The Morgan fingerprint density at radius 3 is 2.68 bits per heavy atom. The fourth-order valence-corrected chi connectivity index (χ4v) is 1.99. The highest BCUT2D eigenvalue weighted by molar-refractivity contribution is 5.29. The molecule has 5 nitrogen and oxygen atoms in total. The van der Waals surface area contributed by atoms with E-state index >= 15 is 0 Å². The van der Waals surface area contributed by atoms with E-state index in [9.17, 15) is 4.39 Å². The predicted octanol–water partition coefficient (Wildman–Crippen LogP) is 3.07. The van der Waals surface area contributed by atoms with Gasteiger partial charge in [-0.1, -0.05) is 12.1 Å². The first kappa shape index (κ1) is 16.0. The number of hydrogen-bond acceptors (Lipinski definition) is 5. The van der Waals surface area contributed by atoms with Gasteiger partial charge in [-0.2, -0.15) is 9.37 Å². The van der Waals surface area contributed by atoms with E-state index in [2.05, 4.69) is 27.4 Å². The van der Waals surface area contributed by atoms with Gasteiger partial charge in [0.1, 0.15) is 5.75 Å². The number of methoxy groups -OCH3 is 1. The summed E-state index contributed by atoms with van der Waals surface area (Å²) >= 11 is 0. The first-order valence-electron chi connectivity index (χ1n) is 7.25. The number of anilines is 1. The van der Waals surface area contributed by atoms with Crippen LogP contribution >= 0.6 is 0 Å². The van der Waals surface area contributed by atoms with E-state index in [1.807, 2.05) is 19.1 Å². The second-order valence-corrected chi connectivity index (χ2v) is 4.66. The first-order valence-corrected chi connectivity index (χ1v) is 7.25. The van der Waals surface area contributed by atoms with Crippen LogP contribution in [0.1, 0.15) is 18.9 Å². The molecule has 0 aliphatic carbocycles. The predicted molar refractivity (Wildman–Crippen MR) is 83.0 cm³/mol. The minimum Gasteiger partial charge on any atom is -0.494 e. The smallest absolute Gasteiger partial charge is 0.255 e. The molecule has 0 saturated carbocycles. The lowest BCUT2D eigenvalue weighted by molar-refractivity contribution is 0.340. The molecule has 1 aromatic heterocycles. The Labute approximate surface area is 129 Å². The van der Waals surface area contributed by atoms with Crippen LogP contribution in [0, 0.1) is 5.82 Å². The van der Waals surface area contributed by atoms with Crippen molar-refractivity contribution in [2.75, 3.05) is 25.6 Å². The monoisotopic (exact) mass is 305 g/mol. The number of benzene rings is 1. The largest absolute Gasteiger partial charge is 0.494 e. The zero-order valence-electron chi connectivity index (χ0n) is 12.8. The second kappa shape index (κ2) is 8.17. The van der Waals surface area contributed by atoms with Crippen molar-refractivity contribution in [3.05, 3.63) is 41.8 Å². The van der Waals surface area contributed by atoms with Gasteiger partial charge in [0, 0.05) is 6.54 Å². The summed E-state index contributed by atoms with van der Waals surface area (Å²) in [4.78, 5) is 7.80. The topological polar surface area (TPSA) is 56.3 Å². The third kappa shape index (κ3) is 4.58. The Morgan fingerprint density at radius 2 is 2.00 bits per heavy atom. The summed E-state index contributed by atoms with van der Waals surface area (Å²) in [5.74, 6) is 0.632. The van der Waals surface area contributed by atoms with Crippen LogP contribution in [0.5, 0.6) is 11.6 Å². The molecule has 1 heterocycles. The summed E-state index contributed by atoms with van der Waals surface area (Å²) in [7, 11) is 1.38. The highest BCUT2D eigenvalue weighted by atomic mass is 19.1. The van der Waals surface area contributed by atoms with Gasteiger partial charge in [-0.3, -0.25) is 0 Å². The SMILES string of the molecule is CCOc1ccc(CCCNc2ncc(F)c(OC)n2)cc1. The molecule has 2 aromatic rings. The minimum atomic E-state index is -0.567. The number of ether oxygens (including phenoxy) is 2. The van der Waals surface area contributed by atoms with Crippen molar-refractivity contribution < 1.29 is 13.9 Å². The molecule has 0 unspecified atom stereocenters. The van der Waals surface area contributed by atoms with Crippen LogP contribution in [-0.4, -0.2) is 30.2 Å². The van der Waals surface area contributed by atoms with Gasteiger partial charge in [0.2, 0.25) is 11.8 Å². The molecule has 0 spiro atoms. The maximum Gasteiger partial charge on any atom is 0.255 e. The molecule has 0 aliphatic rings. The number of rotatable bonds is 8. The number of nitrogens with one attached hydrogen (secondary N) is 1. The molecule has 0 radical (unpaired) electrons. The first-order chi connectivity index (χ1) is 10.7. The third-order valence-electron chi connectivity index (χ3n) is 3.06. The lowest BCUT2D eigenvalue weighted by Gasteiger charge is -2.07. The van der Waals surface area contributed by atoms with Crippen LogP contribution in [0.2, 0.25) is 0 Å². The third-order valence-corrected chi connectivity index (χ3v) is 3.06. The van der Waals surface area contributed by atoms with Crippen LogP contribution in [0.15, 0.2) is 30.5 Å². The lowest BCUT2D eigenvalue weighted by atomic mass is 10.1. The molecular weight excluding hydrogens is 285 g/mol. The van der Waals surface area contributed by atoms with Crippen LogP contribution < -0.4 is 14.8 Å². The Hall–Kier alpha value is -2.37. The molecule has 2 rings (SSSR count). The number of aromatic nitrogens is 2. The van der Waals surface area contributed by atoms with E-state index < -0.39 is 5.82 Å². The molecule has 0 amide bonds. The summed E-state index contributed by atoms with van der Waals surface area (Å²) in [6.45, 7) is 3.33. The Balaban J connectivity index is 1.77. The fraction of sp³-hybridized carbons (Fsp3) is 0.375. The highest BCUT2D eigenvalue weighted by Gasteiger charge is 2.06. The van der Waals surface area contributed by atoms with Crippen molar-refractivity contribution in [1.82, 2.24) is 9.97 Å². The van der Waals surface area contributed by atoms with E-state index in [-0.39, 0.29) is 5.88 Å². The number of halogens is 1. The normalized spacial score (nSPS) is 10.3. The molecule has 0 saturated heterocycles. The summed E-state index contributed by atoms with van der Waals surface area (Å²) in [5, 5.41) is 3.05. The van der Waals surface area contributed by atoms with Gasteiger partial charge in [-0.05, 0) is 37.5 Å². The van der Waals surface area contributed by atoms with Gasteiger partial charge in [0.15, 0.2) is 0 Å². The summed E-state index contributed by atoms with van der Waals surface area (Å²) in [6.07, 6.45) is 2.94. The quantitative estimate of drug-likeness (QED) is 0.760. The molecule has 0 aliphatic heterocycles. The number of aryl methyl sites for hydroxylation is 1. The molecule has 1 N–H and O–H groups in total. The molecular formula is C16H20FN3O2. The van der Waals surface area contributed by atoms with Gasteiger partial charge < -0.3 is 14.8 Å². The highest BCUT2D eigenvalue weighted by Crippen LogP contribution is 2.15. The maximum atomic E-state index is 13.2. The fourth-order valence-electron chi connectivity index (χ4n) is 1.99. The van der Waals surface area contributed by atoms with Gasteiger partial charge >= 0.3 is 0 Å². The molecule has 1 aromatic carbocycles. The van der Waals surface area contributed by atoms with Crippen LogP contribution in [0.25, 0.3) is 0 Å². The van der Waals surface area contributed by atoms with Crippen LogP contribution in [-0.2, 0) is 6.42 Å². The molecule has 118 valence electrons. The van der Waals surface area contributed by atoms with Gasteiger partial charge in [0.05, 0.1) is 19.9 Å². The van der Waals surface area contributed by atoms with Gasteiger partial charge in [-0.15, -0.1) is 0 Å². The van der Waals surface area contributed by atoms with Crippen LogP contribution in [0.3, 0.4) is 0 Å². The molecule has 0 bridgehead atoms. The average molecular weight is 305 g/mol.